The van der Waals surface area contributed by atoms with Crippen LogP contribution in [0.25, 0.3) is 99.9 Å². The zero-order valence-corrected chi connectivity index (χ0v) is 25.6. The molecule has 0 spiro atoms. The second kappa shape index (κ2) is 10.5. The predicted octanol–water partition coefficient (Wildman–Crippen LogP) is 11.5. The average Bonchev–Trinajstić information content (AvgIpc) is 3.74. The predicted molar refractivity (Wildman–Crippen MR) is 194 cm³/mol. The number of para-hydroxylation sites is 1. The smallest absolute Gasteiger partial charge is 0.167 e. The third-order valence-corrected chi connectivity index (χ3v) is 9.14. The molecule has 5 heteroatoms. The number of nitrogens with zero attached hydrogens (tertiary/aromatic N) is 3. The summed E-state index contributed by atoms with van der Waals surface area (Å²) < 4.78 is 13.1. The zero-order valence-electron chi connectivity index (χ0n) is 25.6. The van der Waals surface area contributed by atoms with Gasteiger partial charge in [0.15, 0.2) is 17.5 Å². The molecule has 0 saturated heterocycles. The second-order valence-electron chi connectivity index (χ2n) is 12.0. The lowest BCUT2D eigenvalue weighted by atomic mass is 10.0. The van der Waals surface area contributed by atoms with Crippen molar-refractivity contribution < 1.29 is 8.83 Å². The summed E-state index contributed by atoms with van der Waals surface area (Å²) in [7, 11) is 0. The van der Waals surface area contributed by atoms with Crippen LogP contribution in [0.5, 0.6) is 0 Å². The lowest BCUT2D eigenvalue weighted by molar-refractivity contribution is 0.669. The van der Waals surface area contributed by atoms with Crippen LogP contribution in [0.1, 0.15) is 0 Å². The van der Waals surface area contributed by atoms with E-state index >= 15 is 0 Å². The monoisotopic (exact) mass is 615 g/mol. The summed E-state index contributed by atoms with van der Waals surface area (Å²) in [5.41, 5.74) is 8.05. The molecule has 0 N–H and O–H groups in total. The Balaban J connectivity index is 1.24. The summed E-state index contributed by atoms with van der Waals surface area (Å²) in [6.07, 6.45) is 0. The highest BCUT2D eigenvalue weighted by Gasteiger charge is 2.21. The maximum absolute atomic E-state index is 6.70. The number of rotatable bonds is 4. The molecule has 224 valence electrons. The number of furan rings is 2. The van der Waals surface area contributed by atoms with Crippen LogP contribution in [-0.2, 0) is 0 Å². The Morgan fingerprint density at radius 2 is 1.02 bits per heavy atom. The molecule has 48 heavy (non-hydrogen) atoms. The molecule has 0 bridgehead atoms. The molecular weight excluding hydrogens is 590 g/mol. The molecule has 0 fully saturated rings. The van der Waals surface area contributed by atoms with Gasteiger partial charge in [0.05, 0.1) is 5.56 Å². The zero-order chi connectivity index (χ0) is 31.6. The number of fused-ring (bicyclic) bond motifs is 8. The van der Waals surface area contributed by atoms with E-state index in [9.17, 15) is 0 Å². The van der Waals surface area contributed by atoms with Crippen LogP contribution in [0.2, 0.25) is 0 Å². The SMILES string of the molecule is c1ccc(-c2ccc3oc4cccc(-c5nc(-c6ccccc6)nc(-c6cccc7c6oc6c8ccccc8ccc76)n5)c4c3c2)cc1. The van der Waals surface area contributed by atoms with E-state index in [4.69, 9.17) is 23.8 Å². The van der Waals surface area contributed by atoms with E-state index in [1.165, 1.54) is 0 Å². The summed E-state index contributed by atoms with van der Waals surface area (Å²) in [5, 5.41) is 6.27. The van der Waals surface area contributed by atoms with E-state index in [-0.39, 0.29) is 0 Å². The Morgan fingerprint density at radius 1 is 0.354 bits per heavy atom. The van der Waals surface area contributed by atoms with Gasteiger partial charge in [0.25, 0.3) is 0 Å². The molecule has 3 aromatic heterocycles. The van der Waals surface area contributed by atoms with E-state index in [1.54, 1.807) is 0 Å². The van der Waals surface area contributed by atoms with E-state index in [0.717, 1.165) is 82.5 Å². The lowest BCUT2D eigenvalue weighted by Gasteiger charge is -2.09. The molecule has 0 saturated carbocycles. The summed E-state index contributed by atoms with van der Waals surface area (Å²) >= 11 is 0. The van der Waals surface area contributed by atoms with Gasteiger partial charge in [-0.25, -0.2) is 15.0 Å². The van der Waals surface area contributed by atoms with Gasteiger partial charge in [-0.2, -0.15) is 0 Å². The molecule has 7 aromatic carbocycles. The molecule has 0 aliphatic rings. The normalized spacial score (nSPS) is 11.8. The van der Waals surface area contributed by atoms with Crippen molar-refractivity contribution in [1.29, 1.82) is 0 Å². The van der Waals surface area contributed by atoms with Gasteiger partial charge in [0, 0.05) is 38.1 Å². The summed E-state index contributed by atoms with van der Waals surface area (Å²) in [5.74, 6) is 1.70. The first-order valence-corrected chi connectivity index (χ1v) is 15.9. The standard InChI is InChI=1S/C43H25N3O2/c1-3-11-26(12-4-1)29-22-24-36-35(25-29)38-33(18-10-20-37(38)47-36)42-44-41(28-14-5-2-6-15-28)45-43(46-42)34-19-9-17-31-32-23-21-27-13-7-8-16-30(27)39(32)48-40(31)34/h1-25H. The molecule has 0 radical (unpaired) electrons. The minimum Gasteiger partial charge on any atom is -0.456 e. The van der Waals surface area contributed by atoms with Crippen LogP contribution < -0.4 is 0 Å². The molecular formula is C43H25N3O2. The summed E-state index contributed by atoms with van der Waals surface area (Å²) in [6, 6.07) is 51.6. The van der Waals surface area contributed by atoms with Gasteiger partial charge in [0.2, 0.25) is 0 Å². The van der Waals surface area contributed by atoms with Crippen LogP contribution >= 0.6 is 0 Å². The van der Waals surface area contributed by atoms with Crippen molar-refractivity contribution in [3.63, 3.8) is 0 Å². The number of aromatic nitrogens is 3. The fourth-order valence-electron chi connectivity index (χ4n) is 6.86. The van der Waals surface area contributed by atoms with E-state index in [2.05, 4.69) is 72.8 Å². The maximum atomic E-state index is 6.70. The van der Waals surface area contributed by atoms with Gasteiger partial charge in [0.1, 0.15) is 22.3 Å². The van der Waals surface area contributed by atoms with Crippen molar-refractivity contribution in [1.82, 2.24) is 15.0 Å². The first kappa shape index (κ1) is 26.6. The van der Waals surface area contributed by atoms with Crippen LogP contribution in [-0.4, -0.2) is 15.0 Å². The largest absolute Gasteiger partial charge is 0.456 e. The van der Waals surface area contributed by atoms with Crippen molar-refractivity contribution in [2.45, 2.75) is 0 Å². The second-order valence-corrected chi connectivity index (χ2v) is 12.0. The Labute approximate surface area is 274 Å². The molecule has 0 aliphatic heterocycles. The Kier molecular flexibility index (Phi) is 5.81. The number of hydrogen-bond acceptors (Lipinski definition) is 5. The van der Waals surface area contributed by atoms with Gasteiger partial charge in [-0.1, -0.05) is 121 Å². The third kappa shape index (κ3) is 4.15. The van der Waals surface area contributed by atoms with Crippen molar-refractivity contribution in [3.8, 4) is 45.3 Å². The molecule has 10 rings (SSSR count). The fourth-order valence-corrected chi connectivity index (χ4v) is 6.86. The van der Waals surface area contributed by atoms with Crippen molar-refractivity contribution >= 4 is 54.6 Å². The van der Waals surface area contributed by atoms with E-state index < -0.39 is 0 Å². The molecule has 0 unspecified atom stereocenters. The van der Waals surface area contributed by atoms with Crippen LogP contribution in [0.3, 0.4) is 0 Å². The highest BCUT2D eigenvalue weighted by Crippen LogP contribution is 2.41. The Hall–Kier alpha value is -6.59. The average molecular weight is 616 g/mol. The lowest BCUT2D eigenvalue weighted by Crippen LogP contribution is -2.00. The minimum atomic E-state index is 0.544. The fraction of sp³-hybridized carbons (Fsp3) is 0. The minimum absolute atomic E-state index is 0.544. The Morgan fingerprint density at radius 3 is 1.88 bits per heavy atom. The summed E-state index contributed by atoms with van der Waals surface area (Å²) in [6.45, 7) is 0. The van der Waals surface area contributed by atoms with Gasteiger partial charge < -0.3 is 8.83 Å². The van der Waals surface area contributed by atoms with E-state index in [0.29, 0.717) is 17.5 Å². The van der Waals surface area contributed by atoms with E-state index in [1.807, 2.05) is 78.9 Å². The van der Waals surface area contributed by atoms with Gasteiger partial charge in [-0.3, -0.25) is 0 Å². The van der Waals surface area contributed by atoms with Crippen molar-refractivity contribution in [3.05, 3.63) is 152 Å². The number of hydrogen-bond donors (Lipinski definition) is 0. The Bertz CT molecular complexity index is 2840. The quantitative estimate of drug-likeness (QED) is 0.197. The molecule has 0 amide bonds. The topological polar surface area (TPSA) is 65.0 Å². The maximum Gasteiger partial charge on any atom is 0.167 e. The van der Waals surface area contributed by atoms with Crippen LogP contribution in [0, 0.1) is 0 Å². The molecule has 5 nitrogen and oxygen atoms in total. The van der Waals surface area contributed by atoms with Gasteiger partial charge in [-0.15, -0.1) is 0 Å². The molecule has 0 atom stereocenters. The molecule has 10 aromatic rings. The van der Waals surface area contributed by atoms with Gasteiger partial charge in [-0.05, 0) is 46.8 Å². The first-order chi connectivity index (χ1) is 23.8. The van der Waals surface area contributed by atoms with Crippen molar-refractivity contribution in [2.75, 3.05) is 0 Å². The summed E-state index contributed by atoms with van der Waals surface area (Å²) in [4.78, 5) is 15.3. The van der Waals surface area contributed by atoms with Crippen molar-refractivity contribution in [2.24, 2.45) is 0 Å². The first-order valence-electron chi connectivity index (χ1n) is 15.9. The highest BCUT2D eigenvalue weighted by atomic mass is 16.3. The van der Waals surface area contributed by atoms with Crippen LogP contribution in [0.15, 0.2) is 160 Å². The highest BCUT2D eigenvalue weighted by molar-refractivity contribution is 6.17. The molecule has 0 aliphatic carbocycles. The van der Waals surface area contributed by atoms with Gasteiger partial charge >= 0.3 is 0 Å². The third-order valence-electron chi connectivity index (χ3n) is 9.14. The molecule has 3 heterocycles. The number of benzene rings is 7. The van der Waals surface area contributed by atoms with Crippen LogP contribution in [0.4, 0.5) is 0 Å².